The number of amides is 1. The number of nitro groups is 1. The number of halogens is 2. The Balaban J connectivity index is 1.70. The molecule has 8 nitrogen and oxygen atoms in total. The fraction of sp³-hybridized carbons (Fsp3) is 0.190. The molecule has 10 heteroatoms. The molecule has 1 N–H and O–H groups in total. The lowest BCUT2D eigenvalue weighted by molar-refractivity contribution is -0.386. The Morgan fingerprint density at radius 1 is 1.10 bits per heavy atom. The summed E-state index contributed by atoms with van der Waals surface area (Å²) in [5.74, 6) is -0.658. The predicted molar refractivity (Wildman–Crippen MR) is 107 cm³/mol. The van der Waals surface area contributed by atoms with Gasteiger partial charge in [-0.25, -0.2) is 0 Å². The molecule has 31 heavy (non-hydrogen) atoms. The Morgan fingerprint density at radius 3 is 2.45 bits per heavy atom. The van der Waals surface area contributed by atoms with Gasteiger partial charge in [0, 0.05) is 6.07 Å². The highest BCUT2D eigenvalue weighted by atomic mass is 19.3. The fourth-order valence-corrected chi connectivity index (χ4v) is 2.74. The van der Waals surface area contributed by atoms with Gasteiger partial charge in [-0.05, 0) is 55.3 Å². The van der Waals surface area contributed by atoms with E-state index in [0.717, 1.165) is 5.56 Å². The highest BCUT2D eigenvalue weighted by Crippen LogP contribution is 2.30. The number of carbonyl (C=O) groups is 1. The number of carbonyl (C=O) groups excluding carboxylic acids is 1. The molecule has 0 aliphatic rings. The Labute approximate surface area is 175 Å². The van der Waals surface area contributed by atoms with Crippen molar-refractivity contribution in [3.05, 3.63) is 81.3 Å². The molecule has 3 aromatic rings. The average molecular weight is 432 g/mol. The Kier molecular flexibility index (Phi) is 6.49. The zero-order chi connectivity index (χ0) is 22.5. The molecule has 0 saturated heterocycles. The monoisotopic (exact) mass is 432 g/mol. The number of hydrogen-bond acceptors (Lipinski definition) is 6. The number of nitro benzene ring substituents is 1. The van der Waals surface area contributed by atoms with Crippen LogP contribution in [0.3, 0.4) is 0 Å². The third kappa shape index (κ3) is 5.56. The van der Waals surface area contributed by atoms with E-state index in [4.69, 9.17) is 9.15 Å². The normalized spacial score (nSPS) is 10.7. The van der Waals surface area contributed by atoms with Crippen LogP contribution in [0.2, 0.25) is 0 Å². The van der Waals surface area contributed by atoms with Crippen LogP contribution in [0.4, 0.5) is 20.2 Å². The van der Waals surface area contributed by atoms with Gasteiger partial charge in [-0.1, -0.05) is 12.1 Å². The summed E-state index contributed by atoms with van der Waals surface area (Å²) >= 11 is 0. The molecule has 0 fully saturated rings. The number of ether oxygens (including phenoxy) is 2. The molecule has 0 aliphatic carbocycles. The van der Waals surface area contributed by atoms with Crippen LogP contribution < -0.4 is 14.8 Å². The van der Waals surface area contributed by atoms with Gasteiger partial charge >= 0.3 is 12.3 Å². The fourth-order valence-electron chi connectivity index (χ4n) is 2.74. The lowest BCUT2D eigenvalue weighted by Crippen LogP contribution is -2.13. The SMILES string of the molecule is Cc1ccc(OC(F)F)c(NC(=O)c2ccc(COc3ccc(C)cc3[N+](=O)[O-])o2)c1. The summed E-state index contributed by atoms with van der Waals surface area (Å²) in [5.41, 5.74) is 1.32. The van der Waals surface area contributed by atoms with Crippen molar-refractivity contribution < 1.29 is 32.4 Å². The highest BCUT2D eigenvalue weighted by molar-refractivity contribution is 6.03. The Hall–Kier alpha value is -3.95. The molecule has 0 spiro atoms. The zero-order valence-electron chi connectivity index (χ0n) is 16.6. The lowest BCUT2D eigenvalue weighted by atomic mass is 10.2. The minimum Gasteiger partial charge on any atom is -0.479 e. The molecule has 0 atom stereocenters. The largest absolute Gasteiger partial charge is 0.479 e. The van der Waals surface area contributed by atoms with Crippen molar-refractivity contribution in [3.63, 3.8) is 0 Å². The van der Waals surface area contributed by atoms with E-state index in [9.17, 15) is 23.7 Å². The average Bonchev–Trinajstić information content (AvgIpc) is 3.18. The second-order valence-electron chi connectivity index (χ2n) is 6.62. The molecule has 2 aromatic carbocycles. The first-order valence-corrected chi connectivity index (χ1v) is 9.06. The Morgan fingerprint density at radius 2 is 1.77 bits per heavy atom. The van der Waals surface area contributed by atoms with E-state index < -0.39 is 17.4 Å². The number of hydrogen-bond donors (Lipinski definition) is 1. The van der Waals surface area contributed by atoms with Gasteiger partial charge in [0.25, 0.3) is 5.91 Å². The molecule has 0 aliphatic heterocycles. The first-order valence-electron chi connectivity index (χ1n) is 9.06. The van der Waals surface area contributed by atoms with Crippen molar-refractivity contribution in [2.24, 2.45) is 0 Å². The van der Waals surface area contributed by atoms with Crippen LogP contribution in [0.1, 0.15) is 27.4 Å². The van der Waals surface area contributed by atoms with Gasteiger partial charge in [0.05, 0.1) is 10.6 Å². The summed E-state index contributed by atoms with van der Waals surface area (Å²) in [5, 5.41) is 13.6. The molecular weight excluding hydrogens is 414 g/mol. The molecule has 1 heterocycles. The number of anilines is 1. The van der Waals surface area contributed by atoms with Crippen molar-refractivity contribution >= 4 is 17.3 Å². The molecule has 1 amide bonds. The predicted octanol–water partition coefficient (Wildman–Crippen LogP) is 5.24. The van der Waals surface area contributed by atoms with Crippen molar-refractivity contribution in [2.45, 2.75) is 27.1 Å². The molecule has 0 saturated carbocycles. The van der Waals surface area contributed by atoms with E-state index in [1.54, 1.807) is 26.0 Å². The van der Waals surface area contributed by atoms with E-state index in [-0.39, 0.29) is 41.0 Å². The third-order valence-electron chi connectivity index (χ3n) is 4.17. The van der Waals surface area contributed by atoms with Crippen LogP contribution in [-0.4, -0.2) is 17.4 Å². The van der Waals surface area contributed by atoms with E-state index in [2.05, 4.69) is 10.1 Å². The number of nitrogens with zero attached hydrogens (tertiary/aromatic N) is 1. The standard InChI is InChI=1S/C21H18F2N2O6/c1-12-3-6-17(31-21(22)23)15(9-12)24-20(26)19-8-5-14(30-19)11-29-18-7-4-13(2)10-16(18)25(27)28/h3-10,21H,11H2,1-2H3,(H,24,26). The molecule has 162 valence electrons. The van der Waals surface area contributed by atoms with Gasteiger partial charge in [0.1, 0.15) is 18.1 Å². The maximum absolute atomic E-state index is 12.6. The summed E-state index contributed by atoms with van der Waals surface area (Å²) in [6.07, 6.45) is 0. The number of aryl methyl sites for hydroxylation is 2. The maximum Gasteiger partial charge on any atom is 0.387 e. The van der Waals surface area contributed by atoms with Gasteiger partial charge in [-0.15, -0.1) is 0 Å². The van der Waals surface area contributed by atoms with Crippen molar-refractivity contribution in [1.29, 1.82) is 0 Å². The van der Waals surface area contributed by atoms with Crippen molar-refractivity contribution in [1.82, 2.24) is 0 Å². The van der Waals surface area contributed by atoms with Gasteiger partial charge in [-0.2, -0.15) is 8.78 Å². The van der Waals surface area contributed by atoms with E-state index >= 15 is 0 Å². The summed E-state index contributed by atoms with van der Waals surface area (Å²) < 4.78 is 40.5. The third-order valence-corrected chi connectivity index (χ3v) is 4.17. The van der Waals surface area contributed by atoms with E-state index in [1.165, 1.54) is 36.4 Å². The molecule has 1 aromatic heterocycles. The topological polar surface area (TPSA) is 104 Å². The first kappa shape index (κ1) is 21.8. The summed E-state index contributed by atoms with van der Waals surface area (Å²) in [4.78, 5) is 23.1. The smallest absolute Gasteiger partial charge is 0.387 e. The second-order valence-corrected chi connectivity index (χ2v) is 6.62. The van der Waals surface area contributed by atoms with Crippen LogP contribution in [0.25, 0.3) is 0 Å². The van der Waals surface area contributed by atoms with Crippen LogP contribution in [-0.2, 0) is 6.61 Å². The van der Waals surface area contributed by atoms with Crippen LogP contribution in [0, 0.1) is 24.0 Å². The summed E-state index contributed by atoms with van der Waals surface area (Å²) in [6.45, 7) is 0.257. The number of furan rings is 1. The summed E-state index contributed by atoms with van der Waals surface area (Å²) in [7, 11) is 0. The van der Waals surface area contributed by atoms with Crippen LogP contribution in [0.15, 0.2) is 52.9 Å². The number of nitrogens with one attached hydrogen (secondary N) is 1. The molecular formula is C21H18F2N2O6. The quantitative estimate of drug-likeness (QED) is 0.386. The zero-order valence-corrected chi connectivity index (χ0v) is 16.6. The van der Waals surface area contributed by atoms with Gasteiger partial charge in [0.15, 0.2) is 11.5 Å². The molecule has 0 bridgehead atoms. The van der Waals surface area contributed by atoms with Gasteiger partial charge in [0.2, 0.25) is 0 Å². The molecule has 0 unspecified atom stereocenters. The number of alkyl halides is 2. The maximum atomic E-state index is 12.6. The van der Waals surface area contributed by atoms with Gasteiger partial charge < -0.3 is 19.2 Å². The minimum atomic E-state index is -3.04. The first-order chi connectivity index (χ1) is 14.7. The second kappa shape index (κ2) is 9.24. The van der Waals surface area contributed by atoms with E-state index in [0.29, 0.717) is 5.56 Å². The van der Waals surface area contributed by atoms with Crippen LogP contribution in [0.5, 0.6) is 11.5 Å². The van der Waals surface area contributed by atoms with Gasteiger partial charge in [-0.3, -0.25) is 14.9 Å². The molecule has 0 radical (unpaired) electrons. The lowest BCUT2D eigenvalue weighted by Gasteiger charge is -2.12. The van der Waals surface area contributed by atoms with E-state index in [1.807, 2.05) is 0 Å². The number of rotatable bonds is 8. The summed E-state index contributed by atoms with van der Waals surface area (Å²) in [6, 6.07) is 11.8. The van der Waals surface area contributed by atoms with Crippen LogP contribution >= 0.6 is 0 Å². The van der Waals surface area contributed by atoms with Crippen molar-refractivity contribution in [2.75, 3.05) is 5.32 Å². The van der Waals surface area contributed by atoms with Crippen molar-refractivity contribution in [3.8, 4) is 11.5 Å². The highest BCUT2D eigenvalue weighted by Gasteiger charge is 2.18. The Bertz CT molecular complexity index is 1110. The molecule has 3 rings (SSSR count). The number of benzene rings is 2. The minimum absolute atomic E-state index is 0.0616.